The predicted octanol–water partition coefficient (Wildman–Crippen LogP) is 2.24. The van der Waals surface area contributed by atoms with Crippen LogP contribution in [-0.4, -0.2) is 29.6 Å². The summed E-state index contributed by atoms with van der Waals surface area (Å²) in [5.74, 6) is 0.349. The highest BCUT2D eigenvalue weighted by molar-refractivity contribution is 7.92. The maximum absolute atomic E-state index is 11.8. The summed E-state index contributed by atoms with van der Waals surface area (Å²) in [5.41, 5.74) is 1.37. The molecule has 0 saturated carbocycles. The van der Waals surface area contributed by atoms with Crippen LogP contribution in [0.2, 0.25) is 0 Å². The lowest BCUT2D eigenvalue weighted by molar-refractivity contribution is 0.600. The van der Waals surface area contributed by atoms with Crippen LogP contribution in [0, 0.1) is 0 Å². The molecule has 2 aromatic rings. The van der Waals surface area contributed by atoms with Crippen LogP contribution in [0.4, 0.5) is 5.69 Å². The highest BCUT2D eigenvalue weighted by Gasteiger charge is 2.10. The van der Waals surface area contributed by atoms with E-state index in [0.717, 1.165) is 5.69 Å². The Balaban J connectivity index is 2.16. The molecule has 1 aromatic heterocycles. The van der Waals surface area contributed by atoms with E-state index >= 15 is 0 Å². The topological polar surface area (TPSA) is 64.0 Å². The van der Waals surface area contributed by atoms with Crippen molar-refractivity contribution < 1.29 is 8.42 Å². The van der Waals surface area contributed by atoms with Crippen LogP contribution in [0.15, 0.2) is 43.0 Å². The number of imidazole rings is 1. The van der Waals surface area contributed by atoms with Gasteiger partial charge < -0.3 is 4.57 Å². The van der Waals surface area contributed by atoms with Crippen LogP contribution < -0.4 is 4.72 Å². The first-order valence-corrected chi connectivity index (χ1v) is 7.94. The molecular weight excluding hydrogens is 286 g/mol. The van der Waals surface area contributed by atoms with Gasteiger partial charge in [0.25, 0.3) is 0 Å². The molecule has 7 heteroatoms. The summed E-state index contributed by atoms with van der Waals surface area (Å²) in [4.78, 5) is 3.95. The molecule has 5 nitrogen and oxygen atoms in total. The second kappa shape index (κ2) is 6.08. The van der Waals surface area contributed by atoms with Gasteiger partial charge in [-0.15, -0.1) is 11.6 Å². The zero-order chi connectivity index (χ0) is 13.7. The highest BCUT2D eigenvalue weighted by atomic mass is 35.5. The van der Waals surface area contributed by atoms with E-state index in [1.807, 2.05) is 6.07 Å². The number of nitrogens with one attached hydrogen (secondary N) is 1. The Morgan fingerprint density at radius 3 is 2.89 bits per heavy atom. The largest absolute Gasteiger partial charge is 0.306 e. The van der Waals surface area contributed by atoms with E-state index in [4.69, 9.17) is 11.6 Å². The van der Waals surface area contributed by atoms with Crippen molar-refractivity contribution >= 4 is 27.3 Å². The maximum Gasteiger partial charge on any atom is 0.232 e. The minimum atomic E-state index is -3.34. The van der Waals surface area contributed by atoms with E-state index in [9.17, 15) is 8.42 Å². The number of aromatic nitrogens is 2. The lowest BCUT2D eigenvalue weighted by Gasteiger charge is -2.09. The summed E-state index contributed by atoms with van der Waals surface area (Å²) in [6.07, 6.45) is 5.54. The van der Waals surface area contributed by atoms with Gasteiger partial charge in [-0.05, 0) is 24.6 Å². The molecule has 1 N–H and O–H groups in total. The average Bonchev–Trinajstić information content (AvgIpc) is 2.90. The van der Waals surface area contributed by atoms with Gasteiger partial charge >= 0.3 is 0 Å². The summed E-state index contributed by atoms with van der Waals surface area (Å²) < 4.78 is 27.9. The molecule has 0 aliphatic rings. The minimum Gasteiger partial charge on any atom is -0.306 e. The summed E-state index contributed by atoms with van der Waals surface area (Å²) in [6, 6.07) is 7.12. The van der Waals surface area contributed by atoms with Crippen molar-refractivity contribution in [3.63, 3.8) is 0 Å². The molecule has 0 bridgehead atoms. The third-order valence-corrected chi connectivity index (χ3v) is 4.11. The van der Waals surface area contributed by atoms with Gasteiger partial charge in [0.2, 0.25) is 10.0 Å². The number of alkyl halides is 1. The number of hydrogen-bond donors (Lipinski definition) is 1. The number of hydrogen-bond acceptors (Lipinski definition) is 3. The first-order valence-electron chi connectivity index (χ1n) is 5.75. The number of nitrogens with zero attached hydrogens (tertiary/aromatic N) is 2. The van der Waals surface area contributed by atoms with Gasteiger partial charge in [0.1, 0.15) is 0 Å². The summed E-state index contributed by atoms with van der Waals surface area (Å²) in [5, 5.41) is 0. The molecule has 102 valence electrons. The second-order valence-corrected chi connectivity index (χ2v) is 6.20. The van der Waals surface area contributed by atoms with E-state index < -0.39 is 10.0 Å². The van der Waals surface area contributed by atoms with E-state index in [1.54, 1.807) is 41.5 Å². The SMILES string of the molecule is O=S(=O)(CCCCl)Nc1cccc(-n2ccnc2)c1. The third kappa shape index (κ3) is 3.97. The van der Waals surface area contributed by atoms with Gasteiger partial charge in [0, 0.05) is 24.0 Å². The lowest BCUT2D eigenvalue weighted by Crippen LogP contribution is -2.17. The van der Waals surface area contributed by atoms with Crippen LogP contribution in [0.5, 0.6) is 0 Å². The van der Waals surface area contributed by atoms with Crippen LogP contribution in [0.3, 0.4) is 0 Å². The molecule has 0 radical (unpaired) electrons. The number of sulfonamides is 1. The van der Waals surface area contributed by atoms with Crippen LogP contribution in [0.25, 0.3) is 5.69 Å². The molecule has 0 spiro atoms. The Kier molecular flexibility index (Phi) is 4.44. The Bertz CT molecular complexity index is 626. The van der Waals surface area contributed by atoms with Crippen molar-refractivity contribution in [3.05, 3.63) is 43.0 Å². The number of halogens is 1. The van der Waals surface area contributed by atoms with Crippen LogP contribution in [0.1, 0.15) is 6.42 Å². The molecule has 0 aliphatic carbocycles. The van der Waals surface area contributed by atoms with Gasteiger partial charge in [-0.2, -0.15) is 0 Å². The molecule has 1 heterocycles. The van der Waals surface area contributed by atoms with Crippen molar-refractivity contribution in [1.29, 1.82) is 0 Å². The molecule has 1 aromatic carbocycles. The third-order valence-electron chi connectivity index (χ3n) is 2.47. The summed E-state index contributed by atoms with van der Waals surface area (Å²) >= 11 is 5.50. The number of anilines is 1. The van der Waals surface area contributed by atoms with Crippen molar-refractivity contribution in [1.82, 2.24) is 9.55 Å². The van der Waals surface area contributed by atoms with Gasteiger partial charge in [-0.3, -0.25) is 4.72 Å². The zero-order valence-corrected chi connectivity index (χ0v) is 11.7. The van der Waals surface area contributed by atoms with Crippen LogP contribution >= 0.6 is 11.6 Å². The Labute approximate surface area is 117 Å². The smallest absolute Gasteiger partial charge is 0.232 e. The molecule has 2 rings (SSSR count). The van der Waals surface area contributed by atoms with Gasteiger partial charge in [0.05, 0.1) is 17.8 Å². The van der Waals surface area contributed by atoms with Crippen LogP contribution in [-0.2, 0) is 10.0 Å². The normalized spacial score (nSPS) is 11.4. The monoisotopic (exact) mass is 299 g/mol. The quantitative estimate of drug-likeness (QED) is 0.832. The first-order chi connectivity index (χ1) is 9.11. The number of rotatable bonds is 6. The van der Waals surface area contributed by atoms with E-state index in [2.05, 4.69) is 9.71 Å². The van der Waals surface area contributed by atoms with Crippen molar-refractivity contribution in [2.45, 2.75) is 6.42 Å². The fourth-order valence-corrected chi connectivity index (χ4v) is 3.02. The van der Waals surface area contributed by atoms with Crippen molar-refractivity contribution in [3.8, 4) is 5.69 Å². The van der Waals surface area contributed by atoms with E-state index in [0.29, 0.717) is 18.0 Å². The molecule has 0 atom stereocenters. The fraction of sp³-hybridized carbons (Fsp3) is 0.250. The van der Waals surface area contributed by atoms with E-state index in [1.165, 1.54) is 0 Å². The molecule has 0 saturated heterocycles. The first kappa shape index (κ1) is 13.9. The Morgan fingerprint density at radius 2 is 2.21 bits per heavy atom. The highest BCUT2D eigenvalue weighted by Crippen LogP contribution is 2.16. The molecule has 0 unspecified atom stereocenters. The molecule has 0 aliphatic heterocycles. The lowest BCUT2D eigenvalue weighted by atomic mass is 10.3. The molecule has 19 heavy (non-hydrogen) atoms. The fourth-order valence-electron chi connectivity index (χ4n) is 1.62. The van der Waals surface area contributed by atoms with Crippen molar-refractivity contribution in [2.24, 2.45) is 0 Å². The predicted molar refractivity (Wildman–Crippen MR) is 76.3 cm³/mol. The Hall–Kier alpha value is -1.53. The maximum atomic E-state index is 11.8. The number of benzene rings is 1. The minimum absolute atomic E-state index is 0.0196. The van der Waals surface area contributed by atoms with E-state index in [-0.39, 0.29) is 5.75 Å². The Morgan fingerprint density at radius 1 is 1.37 bits per heavy atom. The second-order valence-electron chi connectivity index (χ2n) is 3.98. The summed E-state index contributed by atoms with van der Waals surface area (Å²) in [7, 11) is -3.34. The van der Waals surface area contributed by atoms with Gasteiger partial charge in [-0.25, -0.2) is 13.4 Å². The molecule has 0 fully saturated rings. The summed E-state index contributed by atoms with van der Waals surface area (Å²) in [6.45, 7) is 0. The average molecular weight is 300 g/mol. The van der Waals surface area contributed by atoms with Crippen molar-refractivity contribution in [2.75, 3.05) is 16.4 Å². The standard InChI is InChI=1S/C12H14ClN3O2S/c13-5-2-8-19(17,18)15-11-3-1-4-12(9-11)16-7-6-14-10-16/h1,3-4,6-7,9-10,15H,2,5,8H2. The molecule has 0 amide bonds. The van der Waals surface area contributed by atoms with Gasteiger partial charge in [-0.1, -0.05) is 6.07 Å². The zero-order valence-electron chi connectivity index (χ0n) is 10.2. The molecular formula is C12H14ClN3O2S. The van der Waals surface area contributed by atoms with Gasteiger partial charge in [0.15, 0.2) is 0 Å².